The molecular weight excluding hydrogens is 266 g/mol. The fourth-order valence-corrected chi connectivity index (χ4v) is 2.94. The highest BCUT2D eigenvalue weighted by atomic mass is 32.1. The molecule has 0 saturated carbocycles. The fourth-order valence-electron chi connectivity index (χ4n) is 2.17. The number of amides is 1. The van der Waals surface area contributed by atoms with Gasteiger partial charge in [0, 0.05) is 4.88 Å². The van der Waals surface area contributed by atoms with E-state index in [1.807, 2.05) is 26.0 Å². The number of hydrogen-bond acceptors (Lipinski definition) is 2. The molecule has 1 amide bonds. The molecule has 0 unspecified atom stereocenters. The highest BCUT2D eigenvalue weighted by molar-refractivity contribution is 7.13. The van der Waals surface area contributed by atoms with Crippen LogP contribution >= 0.6 is 11.3 Å². The number of benzene rings is 1. The molecule has 0 aliphatic rings. The van der Waals surface area contributed by atoms with Crippen LogP contribution in [0.3, 0.4) is 0 Å². The monoisotopic (exact) mass is 287 g/mol. The van der Waals surface area contributed by atoms with E-state index in [2.05, 4.69) is 36.5 Å². The van der Waals surface area contributed by atoms with Crippen LogP contribution < -0.4 is 5.32 Å². The Morgan fingerprint density at radius 2 is 1.90 bits per heavy atom. The number of carbonyl (C=O) groups is 1. The summed E-state index contributed by atoms with van der Waals surface area (Å²) in [6, 6.07) is 12.4. The zero-order chi connectivity index (χ0) is 14.5. The Morgan fingerprint density at radius 3 is 2.45 bits per heavy atom. The molecule has 0 saturated heterocycles. The van der Waals surface area contributed by atoms with Gasteiger partial charge in [-0.05, 0) is 43.5 Å². The first-order chi connectivity index (χ1) is 9.60. The number of hydrogen-bond donors (Lipinski definition) is 1. The Bertz CT molecular complexity index is 571. The van der Waals surface area contributed by atoms with Crippen LogP contribution in [0.15, 0.2) is 36.4 Å². The molecule has 1 heterocycles. The van der Waals surface area contributed by atoms with Gasteiger partial charge < -0.3 is 5.32 Å². The van der Waals surface area contributed by atoms with Crippen molar-refractivity contribution in [2.45, 2.75) is 39.7 Å². The van der Waals surface area contributed by atoms with Gasteiger partial charge in [-0.3, -0.25) is 4.79 Å². The predicted molar refractivity (Wildman–Crippen MR) is 85.4 cm³/mol. The molecule has 106 valence electrons. The van der Waals surface area contributed by atoms with Crippen LogP contribution in [-0.4, -0.2) is 5.91 Å². The van der Waals surface area contributed by atoms with Crippen LogP contribution in [0.25, 0.3) is 0 Å². The van der Waals surface area contributed by atoms with Crippen LogP contribution in [0.5, 0.6) is 0 Å². The summed E-state index contributed by atoms with van der Waals surface area (Å²) in [4.78, 5) is 14.0. The zero-order valence-corrected chi connectivity index (χ0v) is 13.1. The molecule has 1 N–H and O–H groups in total. The average Bonchev–Trinajstić information content (AvgIpc) is 2.86. The summed E-state index contributed by atoms with van der Waals surface area (Å²) in [5.41, 5.74) is 2.50. The number of carbonyl (C=O) groups excluding carboxylic acids is 1. The van der Waals surface area contributed by atoms with Gasteiger partial charge in [-0.1, -0.05) is 37.6 Å². The van der Waals surface area contributed by atoms with Crippen molar-refractivity contribution >= 4 is 17.2 Å². The lowest BCUT2D eigenvalue weighted by molar-refractivity contribution is 0.0944. The van der Waals surface area contributed by atoms with Crippen molar-refractivity contribution in [3.63, 3.8) is 0 Å². The maximum Gasteiger partial charge on any atom is 0.261 e. The summed E-state index contributed by atoms with van der Waals surface area (Å²) < 4.78 is 0. The van der Waals surface area contributed by atoms with E-state index in [-0.39, 0.29) is 11.9 Å². The minimum Gasteiger partial charge on any atom is -0.345 e. The first-order valence-corrected chi connectivity index (χ1v) is 7.88. The quantitative estimate of drug-likeness (QED) is 0.862. The molecule has 2 rings (SSSR count). The first-order valence-electron chi connectivity index (χ1n) is 7.06. The van der Waals surface area contributed by atoms with E-state index in [0.29, 0.717) is 0 Å². The minimum atomic E-state index is 0.00762. The van der Waals surface area contributed by atoms with Crippen molar-refractivity contribution in [3.8, 4) is 0 Å². The fraction of sp³-hybridized carbons (Fsp3) is 0.353. The van der Waals surface area contributed by atoms with E-state index in [9.17, 15) is 4.79 Å². The third kappa shape index (κ3) is 3.70. The second-order valence-electron chi connectivity index (χ2n) is 5.10. The van der Waals surface area contributed by atoms with Crippen LogP contribution in [0, 0.1) is 6.92 Å². The number of aryl methyl sites for hydroxylation is 2. The molecule has 1 aromatic carbocycles. The average molecular weight is 287 g/mol. The lowest BCUT2D eigenvalue weighted by atomic mass is 10.0. The van der Waals surface area contributed by atoms with E-state index in [1.165, 1.54) is 16.9 Å². The van der Waals surface area contributed by atoms with E-state index < -0.39 is 0 Å². The first kappa shape index (κ1) is 14.8. The molecule has 0 radical (unpaired) electrons. The van der Waals surface area contributed by atoms with Crippen LogP contribution in [-0.2, 0) is 6.42 Å². The Morgan fingerprint density at radius 1 is 1.20 bits per heavy atom. The second-order valence-corrected chi connectivity index (χ2v) is 6.38. The molecule has 1 aromatic heterocycles. The molecule has 3 heteroatoms. The Labute approximate surface area is 124 Å². The molecule has 0 spiro atoms. The summed E-state index contributed by atoms with van der Waals surface area (Å²) in [5, 5.41) is 3.05. The minimum absolute atomic E-state index is 0.00762. The summed E-state index contributed by atoms with van der Waals surface area (Å²) in [7, 11) is 0. The van der Waals surface area contributed by atoms with Gasteiger partial charge in [0.2, 0.25) is 0 Å². The molecular formula is C17H21NOS. The van der Waals surface area contributed by atoms with Gasteiger partial charge in [0.1, 0.15) is 0 Å². The van der Waals surface area contributed by atoms with Gasteiger partial charge in [-0.25, -0.2) is 0 Å². The van der Waals surface area contributed by atoms with E-state index in [1.54, 1.807) is 0 Å². The molecule has 0 fully saturated rings. The summed E-state index contributed by atoms with van der Waals surface area (Å²) in [6.07, 6.45) is 2.26. The van der Waals surface area contributed by atoms with Gasteiger partial charge in [-0.2, -0.15) is 0 Å². The topological polar surface area (TPSA) is 29.1 Å². The lowest BCUT2D eigenvalue weighted by Gasteiger charge is -2.14. The molecule has 1 atom stereocenters. The maximum absolute atomic E-state index is 12.1. The SMILES string of the molecule is CCCc1ccc([C@@H](C)NC(=O)c2ccc(C)s2)cc1. The van der Waals surface area contributed by atoms with E-state index in [4.69, 9.17) is 0 Å². The molecule has 2 nitrogen and oxygen atoms in total. The van der Waals surface area contributed by atoms with Gasteiger partial charge in [0.15, 0.2) is 0 Å². The van der Waals surface area contributed by atoms with Gasteiger partial charge in [0.25, 0.3) is 5.91 Å². The van der Waals surface area contributed by atoms with Crippen molar-refractivity contribution in [1.82, 2.24) is 5.32 Å². The van der Waals surface area contributed by atoms with Gasteiger partial charge >= 0.3 is 0 Å². The van der Waals surface area contributed by atoms with Crippen molar-refractivity contribution in [3.05, 3.63) is 57.3 Å². The van der Waals surface area contributed by atoms with Crippen molar-refractivity contribution in [1.29, 1.82) is 0 Å². The smallest absolute Gasteiger partial charge is 0.261 e. The lowest BCUT2D eigenvalue weighted by Crippen LogP contribution is -2.25. The summed E-state index contributed by atoms with van der Waals surface area (Å²) in [5.74, 6) is 0.00762. The molecule has 0 aliphatic heterocycles. The third-order valence-corrected chi connectivity index (χ3v) is 4.33. The van der Waals surface area contributed by atoms with Gasteiger partial charge in [0.05, 0.1) is 10.9 Å². The zero-order valence-electron chi connectivity index (χ0n) is 12.3. The van der Waals surface area contributed by atoms with Crippen molar-refractivity contribution in [2.24, 2.45) is 0 Å². The van der Waals surface area contributed by atoms with Crippen LogP contribution in [0.2, 0.25) is 0 Å². The molecule has 2 aromatic rings. The molecule has 20 heavy (non-hydrogen) atoms. The molecule has 0 bridgehead atoms. The maximum atomic E-state index is 12.1. The molecule has 0 aliphatic carbocycles. The van der Waals surface area contributed by atoms with Crippen molar-refractivity contribution in [2.75, 3.05) is 0 Å². The Kier molecular flexibility index (Phi) is 4.96. The highest BCUT2D eigenvalue weighted by Crippen LogP contribution is 2.18. The van der Waals surface area contributed by atoms with Crippen molar-refractivity contribution < 1.29 is 4.79 Å². The van der Waals surface area contributed by atoms with Gasteiger partial charge in [-0.15, -0.1) is 11.3 Å². The number of nitrogens with one attached hydrogen (secondary N) is 1. The summed E-state index contributed by atoms with van der Waals surface area (Å²) >= 11 is 1.53. The largest absolute Gasteiger partial charge is 0.345 e. The standard InChI is InChI=1S/C17H21NOS/c1-4-5-14-7-9-15(10-8-14)13(3)18-17(19)16-11-6-12(2)20-16/h6-11,13H,4-5H2,1-3H3,(H,18,19)/t13-/m1/s1. The highest BCUT2D eigenvalue weighted by Gasteiger charge is 2.12. The Balaban J connectivity index is 2.00. The van der Waals surface area contributed by atoms with E-state index >= 15 is 0 Å². The van der Waals surface area contributed by atoms with Crippen LogP contribution in [0.4, 0.5) is 0 Å². The predicted octanol–water partition coefficient (Wildman–Crippen LogP) is 4.50. The third-order valence-electron chi connectivity index (χ3n) is 3.33. The summed E-state index contributed by atoms with van der Waals surface area (Å²) in [6.45, 7) is 6.21. The Hall–Kier alpha value is -1.61. The second kappa shape index (κ2) is 6.71. The number of thiophene rings is 1. The van der Waals surface area contributed by atoms with Crippen LogP contribution in [0.1, 0.15) is 52.0 Å². The number of rotatable bonds is 5. The normalized spacial score (nSPS) is 12.2. The van der Waals surface area contributed by atoms with E-state index in [0.717, 1.165) is 28.2 Å².